The van der Waals surface area contributed by atoms with Gasteiger partial charge in [-0.2, -0.15) is 18.4 Å². The van der Waals surface area contributed by atoms with Crippen LogP contribution in [0.5, 0.6) is 0 Å². The van der Waals surface area contributed by atoms with Gasteiger partial charge >= 0.3 is 6.18 Å². The lowest BCUT2D eigenvalue weighted by Gasteiger charge is -2.21. The van der Waals surface area contributed by atoms with Crippen LogP contribution in [-0.4, -0.2) is 9.13 Å². The van der Waals surface area contributed by atoms with Crippen LogP contribution in [0.3, 0.4) is 0 Å². The lowest BCUT2D eigenvalue weighted by atomic mass is 9.96. The summed E-state index contributed by atoms with van der Waals surface area (Å²) in [7, 11) is 0. The molecule has 7 heteroatoms. The molecule has 2 aromatic heterocycles. The monoisotopic (exact) mass is 962 g/mol. The maximum absolute atomic E-state index is 15.0. The van der Waals surface area contributed by atoms with Crippen molar-refractivity contribution in [2.45, 2.75) is 33.9 Å². The Labute approximate surface area is 426 Å². The molecule has 0 bridgehead atoms. The summed E-state index contributed by atoms with van der Waals surface area (Å²) in [5, 5.41) is 14.1. The van der Waals surface area contributed by atoms with E-state index < -0.39 is 11.7 Å². The second-order valence-corrected chi connectivity index (χ2v) is 19.2. The van der Waals surface area contributed by atoms with Crippen LogP contribution in [0, 0.1) is 45.6 Å². The first kappa shape index (κ1) is 45.7. The van der Waals surface area contributed by atoms with E-state index in [1.165, 1.54) is 6.07 Å². The molecule has 74 heavy (non-hydrogen) atoms. The van der Waals surface area contributed by atoms with Crippen LogP contribution in [0.25, 0.3) is 115 Å². The highest BCUT2D eigenvalue weighted by Gasteiger charge is 2.33. The number of aromatic nitrogens is 2. The molecule has 0 aliphatic heterocycles. The van der Waals surface area contributed by atoms with Gasteiger partial charge in [0.05, 0.1) is 57.2 Å². The summed E-state index contributed by atoms with van der Waals surface area (Å²) in [5.74, 6) is 0. The average Bonchev–Trinajstić information content (AvgIpc) is 3.91. The molecule has 10 aromatic carbocycles. The summed E-state index contributed by atoms with van der Waals surface area (Å²) in [5.41, 5.74) is 16.4. The number of hydrogen-bond acceptors (Lipinski definition) is 1. The highest BCUT2D eigenvalue weighted by molar-refractivity contribution is 6.14. The van der Waals surface area contributed by atoms with Gasteiger partial charge in [0.1, 0.15) is 0 Å². The molecule has 0 amide bonds. The highest BCUT2D eigenvalue weighted by Crippen LogP contribution is 2.49. The minimum absolute atomic E-state index is 0.144. The molecule has 0 saturated carbocycles. The van der Waals surface area contributed by atoms with Crippen LogP contribution in [0.1, 0.15) is 33.4 Å². The minimum atomic E-state index is -4.76. The quantitative estimate of drug-likeness (QED) is 0.147. The Kier molecular flexibility index (Phi) is 10.9. The van der Waals surface area contributed by atoms with Crippen molar-refractivity contribution in [3.8, 4) is 73.1 Å². The Morgan fingerprint density at radius 3 is 1.15 bits per heavy atom. The molecule has 4 nitrogen and oxygen atoms in total. The Balaban J connectivity index is 1.27. The normalized spacial score (nSPS) is 11.7. The number of nitriles is 1. The van der Waals surface area contributed by atoms with E-state index in [1.54, 1.807) is 0 Å². The number of halogens is 3. The van der Waals surface area contributed by atoms with Crippen molar-refractivity contribution in [1.29, 1.82) is 5.26 Å². The zero-order valence-electron chi connectivity index (χ0n) is 41.0. The molecule has 2 heterocycles. The number of hydrogen-bond donors (Lipinski definition) is 0. The molecule has 0 fully saturated rings. The summed E-state index contributed by atoms with van der Waals surface area (Å²) < 4.78 is 49.1. The fourth-order valence-electron chi connectivity index (χ4n) is 11.1. The molecule has 12 rings (SSSR count). The largest absolute Gasteiger partial charge is 0.416 e. The van der Waals surface area contributed by atoms with E-state index in [2.05, 4.69) is 163 Å². The number of rotatable bonds is 7. The van der Waals surface area contributed by atoms with Crippen LogP contribution in [0.4, 0.5) is 18.9 Å². The van der Waals surface area contributed by atoms with Gasteiger partial charge in [0.25, 0.3) is 0 Å². The lowest BCUT2D eigenvalue weighted by molar-refractivity contribution is -0.137. The van der Waals surface area contributed by atoms with Crippen molar-refractivity contribution in [3.05, 3.63) is 245 Å². The second-order valence-electron chi connectivity index (χ2n) is 19.2. The van der Waals surface area contributed by atoms with Gasteiger partial charge in [-0.1, -0.05) is 152 Å². The second kappa shape index (κ2) is 17.7. The molecule has 0 saturated heterocycles. The van der Waals surface area contributed by atoms with E-state index in [1.807, 2.05) is 66.7 Å². The predicted octanol–water partition coefficient (Wildman–Crippen LogP) is 18.9. The van der Waals surface area contributed by atoms with Crippen molar-refractivity contribution in [2.24, 2.45) is 0 Å². The van der Waals surface area contributed by atoms with Crippen molar-refractivity contribution in [1.82, 2.24) is 9.13 Å². The van der Waals surface area contributed by atoms with E-state index in [0.717, 1.165) is 123 Å². The number of nitrogens with zero attached hydrogens (tertiary/aromatic N) is 4. The Hall–Kier alpha value is -9.43. The van der Waals surface area contributed by atoms with Crippen molar-refractivity contribution in [3.63, 3.8) is 0 Å². The molecular weight excluding hydrogens is 918 g/mol. The minimum Gasteiger partial charge on any atom is -0.319 e. The fourth-order valence-corrected chi connectivity index (χ4v) is 11.1. The number of benzene rings is 10. The molecule has 354 valence electrons. The molecule has 0 atom stereocenters. The van der Waals surface area contributed by atoms with E-state index in [-0.39, 0.29) is 16.8 Å². The van der Waals surface area contributed by atoms with Crippen LogP contribution in [0.2, 0.25) is 0 Å². The number of fused-ring (bicyclic) bond motifs is 6. The summed E-state index contributed by atoms with van der Waals surface area (Å²) in [6.45, 7) is 17.8. The van der Waals surface area contributed by atoms with Gasteiger partial charge in [0, 0.05) is 21.5 Å². The maximum Gasteiger partial charge on any atom is 0.416 e. The third-order valence-corrected chi connectivity index (χ3v) is 14.8. The third-order valence-electron chi connectivity index (χ3n) is 14.8. The third kappa shape index (κ3) is 7.52. The molecule has 0 spiro atoms. The summed E-state index contributed by atoms with van der Waals surface area (Å²) in [6, 6.07) is 67.7. The van der Waals surface area contributed by atoms with E-state index >= 15 is 0 Å². The van der Waals surface area contributed by atoms with Crippen LogP contribution >= 0.6 is 0 Å². The van der Waals surface area contributed by atoms with Crippen molar-refractivity contribution in [2.75, 3.05) is 0 Å². The molecule has 0 radical (unpaired) electrons. The van der Waals surface area contributed by atoms with Crippen LogP contribution < -0.4 is 0 Å². The highest BCUT2D eigenvalue weighted by atomic mass is 19.4. The fraction of sp³-hybridized carbons (Fsp3) is 0.0746. The molecule has 12 aromatic rings. The summed E-state index contributed by atoms with van der Waals surface area (Å²) in [6.07, 6.45) is -4.76. The predicted molar refractivity (Wildman–Crippen MR) is 297 cm³/mol. The van der Waals surface area contributed by atoms with Gasteiger partial charge in [-0.05, 0) is 154 Å². The van der Waals surface area contributed by atoms with Gasteiger partial charge in [0.2, 0.25) is 5.69 Å². The molecule has 0 N–H and O–H groups in total. The Morgan fingerprint density at radius 1 is 0.419 bits per heavy atom. The van der Waals surface area contributed by atoms with Crippen LogP contribution in [0.15, 0.2) is 200 Å². The molecule has 0 aliphatic rings. The zero-order chi connectivity index (χ0) is 51.0. The van der Waals surface area contributed by atoms with Crippen LogP contribution in [-0.2, 0) is 6.18 Å². The smallest absolute Gasteiger partial charge is 0.319 e. The summed E-state index contributed by atoms with van der Waals surface area (Å²) >= 11 is 0. The van der Waals surface area contributed by atoms with Crippen molar-refractivity contribution < 1.29 is 13.2 Å². The summed E-state index contributed by atoms with van der Waals surface area (Å²) in [4.78, 5) is 4.51. The molecular formula is C67H45F3N4. The van der Waals surface area contributed by atoms with Gasteiger partial charge in [-0.25, -0.2) is 4.85 Å². The zero-order valence-corrected chi connectivity index (χ0v) is 41.0. The Bertz CT molecular complexity index is 4180. The van der Waals surface area contributed by atoms with E-state index in [0.29, 0.717) is 16.9 Å². The average molecular weight is 963 g/mol. The van der Waals surface area contributed by atoms with Gasteiger partial charge < -0.3 is 9.13 Å². The Morgan fingerprint density at radius 2 is 0.797 bits per heavy atom. The molecule has 0 unspecified atom stereocenters. The number of alkyl halides is 3. The number of aryl methyl sites for hydroxylation is 4. The van der Waals surface area contributed by atoms with E-state index in [4.69, 9.17) is 0 Å². The van der Waals surface area contributed by atoms with Crippen molar-refractivity contribution >= 4 is 49.3 Å². The van der Waals surface area contributed by atoms with Gasteiger partial charge in [-0.15, -0.1) is 0 Å². The van der Waals surface area contributed by atoms with Gasteiger partial charge in [0.15, 0.2) is 0 Å². The first-order chi connectivity index (χ1) is 35.9. The van der Waals surface area contributed by atoms with E-state index in [9.17, 15) is 25.0 Å². The SMILES string of the molecule is [C-]#[N+]c1c(-n2c3cc(-c4ccccc4C)ccc3c3ccc(-c4ccccc4C)cc32)ccc(-c2cc(C#N)cc(C(F)(F)F)c2)c1-n1c2cc(-c3ccccc3C)ccc2c2ccc(-c3ccccc3C)cc21. The van der Waals surface area contributed by atoms with Gasteiger partial charge in [-0.3, -0.25) is 0 Å². The standard InChI is InChI=1S/C67H45F3N4/c1-40-14-6-10-18-51(40)45-22-26-56-57-27-23-46(52-19-11-7-15-41(52)2)36-62(57)73(61(56)35-45)60-31-30-55(49-32-44(39-71)33-50(34-49)67(68,69)70)66(65(60)72-5)74-63-37-47(53-20-12-8-16-42(53)3)24-28-58(63)59-29-25-48(38-64(59)74)54-21-13-9-17-43(54)4/h6-38H,1-4H3. The first-order valence-corrected chi connectivity index (χ1v) is 24.5. The lowest BCUT2D eigenvalue weighted by Crippen LogP contribution is -2.07. The maximum atomic E-state index is 15.0. The first-order valence-electron chi connectivity index (χ1n) is 24.5. The molecule has 0 aliphatic carbocycles. The topological polar surface area (TPSA) is 38.0 Å².